The number of allylic oxidation sites excluding steroid dienone is 1. The molecule has 2 rings (SSSR count). The quantitative estimate of drug-likeness (QED) is 0.474. The maximum absolute atomic E-state index is 11.4. The minimum atomic E-state index is -0.479. The van der Waals surface area contributed by atoms with Gasteiger partial charge in [-0.1, -0.05) is 18.7 Å². The number of ether oxygens (including phenoxy) is 2. The molecule has 1 saturated heterocycles. The average Bonchev–Trinajstić information content (AvgIpc) is 2.65. The second kappa shape index (κ2) is 6.38. The molecular formula is C17H23BO5. The molecule has 124 valence electrons. The molecule has 5 nitrogen and oxygen atoms in total. The van der Waals surface area contributed by atoms with Crippen LogP contribution in [-0.2, 0) is 18.8 Å². The number of benzene rings is 1. The highest BCUT2D eigenvalue weighted by molar-refractivity contribution is 6.62. The van der Waals surface area contributed by atoms with Crippen LogP contribution in [0.5, 0.6) is 5.75 Å². The number of hydrogen-bond acceptors (Lipinski definition) is 5. The lowest BCUT2D eigenvalue weighted by Gasteiger charge is -2.32. The van der Waals surface area contributed by atoms with Gasteiger partial charge in [-0.15, -0.1) is 0 Å². The Hall–Kier alpha value is -1.79. The summed E-state index contributed by atoms with van der Waals surface area (Å²) >= 11 is 0. The molecule has 0 spiro atoms. The van der Waals surface area contributed by atoms with E-state index in [1.54, 1.807) is 19.1 Å². The van der Waals surface area contributed by atoms with Gasteiger partial charge in [-0.05, 0) is 52.2 Å². The van der Waals surface area contributed by atoms with Crippen LogP contribution in [0, 0.1) is 0 Å². The highest BCUT2D eigenvalue weighted by Gasteiger charge is 2.51. The molecule has 0 saturated carbocycles. The fourth-order valence-electron chi connectivity index (χ4n) is 2.07. The van der Waals surface area contributed by atoms with Crippen molar-refractivity contribution in [2.45, 2.75) is 45.8 Å². The summed E-state index contributed by atoms with van der Waals surface area (Å²) in [5.74, 6) is 0.436. The van der Waals surface area contributed by atoms with E-state index in [0.717, 1.165) is 5.46 Å². The first-order valence-corrected chi connectivity index (χ1v) is 7.55. The van der Waals surface area contributed by atoms with E-state index < -0.39 is 13.1 Å². The number of esters is 1. The smallest absolute Gasteiger partial charge is 0.482 e. The van der Waals surface area contributed by atoms with E-state index in [-0.39, 0.29) is 17.8 Å². The third-order valence-corrected chi connectivity index (χ3v) is 4.05. The molecule has 1 aromatic rings. The van der Waals surface area contributed by atoms with Crippen LogP contribution in [0.3, 0.4) is 0 Å². The molecule has 0 aromatic heterocycles. The Balaban J connectivity index is 1.96. The Labute approximate surface area is 137 Å². The van der Waals surface area contributed by atoms with Crippen molar-refractivity contribution in [2.75, 3.05) is 6.61 Å². The van der Waals surface area contributed by atoms with Gasteiger partial charge in [-0.2, -0.15) is 0 Å². The van der Waals surface area contributed by atoms with Crippen LogP contribution in [0.1, 0.15) is 34.6 Å². The molecule has 0 bridgehead atoms. The SMILES string of the molecule is C=C(C)OC(=O)COc1ccc(B2OC(C)(C)C(C)(C)O2)cc1. The first-order chi connectivity index (χ1) is 10.6. The third kappa shape index (κ3) is 4.15. The fraction of sp³-hybridized carbons (Fsp3) is 0.471. The van der Waals surface area contributed by atoms with E-state index in [1.807, 2.05) is 39.8 Å². The zero-order chi connectivity index (χ0) is 17.3. The predicted molar refractivity (Wildman–Crippen MR) is 88.6 cm³/mol. The summed E-state index contributed by atoms with van der Waals surface area (Å²) in [5, 5.41) is 0. The van der Waals surface area contributed by atoms with Crippen LogP contribution < -0.4 is 10.2 Å². The summed E-state index contributed by atoms with van der Waals surface area (Å²) in [6.07, 6.45) is 0. The van der Waals surface area contributed by atoms with Gasteiger partial charge < -0.3 is 18.8 Å². The molecule has 1 aliphatic heterocycles. The lowest BCUT2D eigenvalue weighted by molar-refractivity contribution is -0.141. The van der Waals surface area contributed by atoms with E-state index in [0.29, 0.717) is 11.5 Å². The number of carbonyl (C=O) groups excluding carboxylic acids is 1. The van der Waals surface area contributed by atoms with Crippen LogP contribution >= 0.6 is 0 Å². The number of rotatable bonds is 5. The van der Waals surface area contributed by atoms with Crippen molar-refractivity contribution in [1.82, 2.24) is 0 Å². The van der Waals surface area contributed by atoms with Crippen LogP contribution in [0.4, 0.5) is 0 Å². The van der Waals surface area contributed by atoms with E-state index in [4.69, 9.17) is 18.8 Å². The molecule has 1 heterocycles. The van der Waals surface area contributed by atoms with Crippen molar-refractivity contribution >= 4 is 18.6 Å². The van der Waals surface area contributed by atoms with Gasteiger partial charge in [0, 0.05) is 0 Å². The van der Waals surface area contributed by atoms with Gasteiger partial charge in [0.15, 0.2) is 6.61 Å². The van der Waals surface area contributed by atoms with Gasteiger partial charge in [0.05, 0.1) is 17.0 Å². The van der Waals surface area contributed by atoms with Gasteiger partial charge in [0.2, 0.25) is 0 Å². The lowest BCUT2D eigenvalue weighted by Crippen LogP contribution is -2.41. The highest BCUT2D eigenvalue weighted by Crippen LogP contribution is 2.36. The molecule has 23 heavy (non-hydrogen) atoms. The summed E-state index contributed by atoms with van der Waals surface area (Å²) in [4.78, 5) is 11.4. The maximum Gasteiger partial charge on any atom is 0.494 e. The van der Waals surface area contributed by atoms with Gasteiger partial charge in [-0.3, -0.25) is 0 Å². The zero-order valence-electron chi connectivity index (χ0n) is 14.3. The van der Waals surface area contributed by atoms with Crippen molar-refractivity contribution in [3.63, 3.8) is 0 Å². The number of hydrogen-bond donors (Lipinski definition) is 0. The van der Waals surface area contributed by atoms with E-state index in [9.17, 15) is 4.79 Å². The Kier molecular flexibility index (Phi) is 4.87. The Morgan fingerprint density at radius 1 is 1.13 bits per heavy atom. The Bertz CT molecular complexity index is 576. The Morgan fingerprint density at radius 3 is 2.13 bits per heavy atom. The van der Waals surface area contributed by atoms with E-state index in [2.05, 4.69) is 6.58 Å². The molecule has 1 aromatic carbocycles. The van der Waals surface area contributed by atoms with Crippen molar-refractivity contribution in [2.24, 2.45) is 0 Å². The normalized spacial score (nSPS) is 18.6. The van der Waals surface area contributed by atoms with Gasteiger partial charge in [0.25, 0.3) is 0 Å². The van der Waals surface area contributed by atoms with Gasteiger partial charge >= 0.3 is 13.1 Å². The first-order valence-electron chi connectivity index (χ1n) is 7.55. The largest absolute Gasteiger partial charge is 0.494 e. The van der Waals surface area contributed by atoms with Crippen molar-refractivity contribution in [1.29, 1.82) is 0 Å². The number of carbonyl (C=O) groups is 1. The minimum Gasteiger partial charge on any atom is -0.482 e. The monoisotopic (exact) mass is 318 g/mol. The summed E-state index contributed by atoms with van der Waals surface area (Å²) in [5.41, 5.74) is 0.152. The molecule has 0 amide bonds. The Morgan fingerprint density at radius 2 is 1.65 bits per heavy atom. The molecule has 0 radical (unpaired) electrons. The molecule has 6 heteroatoms. The van der Waals surface area contributed by atoms with Crippen molar-refractivity contribution < 1.29 is 23.6 Å². The molecule has 0 unspecified atom stereocenters. The maximum atomic E-state index is 11.4. The van der Waals surface area contributed by atoms with Crippen molar-refractivity contribution in [3.8, 4) is 5.75 Å². The standard InChI is InChI=1S/C17H23BO5/c1-12(2)21-15(19)11-20-14-9-7-13(8-10-14)18-22-16(3,4)17(5,6)23-18/h7-10H,1,11H2,2-6H3. The fourth-order valence-corrected chi connectivity index (χ4v) is 2.07. The third-order valence-electron chi connectivity index (χ3n) is 4.05. The average molecular weight is 318 g/mol. The highest BCUT2D eigenvalue weighted by atomic mass is 16.7. The summed E-state index contributed by atoms with van der Waals surface area (Å²) < 4.78 is 22.2. The molecule has 0 N–H and O–H groups in total. The lowest BCUT2D eigenvalue weighted by atomic mass is 9.79. The molecule has 1 aliphatic rings. The van der Waals surface area contributed by atoms with Crippen LogP contribution in [0.2, 0.25) is 0 Å². The summed E-state index contributed by atoms with van der Waals surface area (Å²) in [7, 11) is -0.414. The van der Waals surface area contributed by atoms with Gasteiger partial charge in [-0.25, -0.2) is 4.79 Å². The van der Waals surface area contributed by atoms with Crippen molar-refractivity contribution in [3.05, 3.63) is 36.6 Å². The second-order valence-corrected chi connectivity index (χ2v) is 6.62. The van der Waals surface area contributed by atoms with Crippen LogP contribution in [0.25, 0.3) is 0 Å². The summed E-state index contributed by atoms with van der Waals surface area (Å²) in [6, 6.07) is 7.27. The van der Waals surface area contributed by atoms with Crippen LogP contribution in [0.15, 0.2) is 36.6 Å². The predicted octanol–water partition coefficient (Wildman–Crippen LogP) is 2.44. The first kappa shape index (κ1) is 17.6. The summed E-state index contributed by atoms with van der Waals surface area (Å²) in [6.45, 7) is 13.0. The zero-order valence-corrected chi connectivity index (χ0v) is 14.3. The molecule has 0 atom stereocenters. The second-order valence-electron chi connectivity index (χ2n) is 6.62. The van der Waals surface area contributed by atoms with Gasteiger partial charge in [0.1, 0.15) is 5.75 Å². The molecule has 0 aliphatic carbocycles. The minimum absolute atomic E-state index is 0.164. The van der Waals surface area contributed by atoms with E-state index in [1.165, 1.54) is 0 Å². The molecular weight excluding hydrogens is 295 g/mol. The van der Waals surface area contributed by atoms with E-state index >= 15 is 0 Å². The molecule has 1 fully saturated rings. The topological polar surface area (TPSA) is 54.0 Å². The van der Waals surface area contributed by atoms with Crippen LogP contribution in [-0.4, -0.2) is 30.9 Å².